The number of aliphatic hydroxyl groups is 6. The molecule has 0 radical (unpaired) electrons. The number of unbranched alkanes of at least 4 members (excludes halogenated alkanes) is 8. The third-order valence-corrected chi connectivity index (χ3v) is 11.6. The molecule has 2 aliphatic heterocycles. The Kier molecular flexibility index (Phi) is 27.5. The zero-order valence-corrected chi connectivity index (χ0v) is 34.8. The highest BCUT2D eigenvalue weighted by molar-refractivity contribution is 7.33. The summed E-state index contributed by atoms with van der Waals surface area (Å²) < 4.78 is 89.6. The highest BCUT2D eigenvalue weighted by Gasteiger charge is 2.43. The van der Waals surface area contributed by atoms with Gasteiger partial charge in [-0.15, -0.1) is 27.1 Å². The Balaban J connectivity index is 1.47. The van der Waals surface area contributed by atoms with E-state index in [1.807, 2.05) is 0 Å². The van der Waals surface area contributed by atoms with E-state index in [-0.39, 0.29) is 32.8 Å². The van der Waals surface area contributed by atoms with E-state index in [0.29, 0.717) is 26.1 Å². The van der Waals surface area contributed by atoms with Gasteiger partial charge in [-0.1, -0.05) is 52.4 Å². The van der Waals surface area contributed by atoms with Crippen molar-refractivity contribution in [2.75, 3.05) is 60.0 Å². The lowest BCUT2D eigenvalue weighted by Gasteiger charge is -2.40. The summed E-state index contributed by atoms with van der Waals surface area (Å²) >= 11 is 0. The maximum Gasteiger partial charge on any atom is 0.697 e. The molecule has 2 saturated heterocycles. The second kappa shape index (κ2) is 29.8. The van der Waals surface area contributed by atoms with E-state index in [4.69, 9.17) is 41.6 Å². The normalized spacial score (nSPS) is 29.9. The minimum atomic E-state index is -2.47. The van der Waals surface area contributed by atoms with Crippen molar-refractivity contribution in [2.45, 2.75) is 140 Å². The number of aliphatic hydroxyl groups excluding tert-OH is 6. The molecule has 2 fully saturated rings. The van der Waals surface area contributed by atoms with Gasteiger partial charge in [-0.2, -0.15) is 0 Å². The second-order valence-electron chi connectivity index (χ2n) is 13.6. The van der Waals surface area contributed by atoms with Gasteiger partial charge >= 0.3 is 24.8 Å². The van der Waals surface area contributed by atoms with Crippen LogP contribution in [0.5, 0.6) is 0 Å². The average Bonchev–Trinajstić information content (AvgIpc) is 3.18. The lowest BCUT2D eigenvalue weighted by Crippen LogP contribution is -2.55. The molecular formula is C33H64O19P3+3. The van der Waals surface area contributed by atoms with Crippen molar-refractivity contribution < 1.29 is 90.4 Å². The molecule has 0 saturated carbocycles. The largest absolute Gasteiger partial charge is 0.697 e. The van der Waals surface area contributed by atoms with Crippen LogP contribution in [-0.4, -0.2) is 146 Å². The number of ether oxygens (including phenoxy) is 4. The summed E-state index contributed by atoms with van der Waals surface area (Å²) in [6.07, 6.45) is -0.425. The number of hydrogen-bond acceptors (Lipinski definition) is 19. The minimum Gasteiger partial charge on any atom is -0.394 e. The van der Waals surface area contributed by atoms with E-state index >= 15 is 0 Å². The van der Waals surface area contributed by atoms with Crippen molar-refractivity contribution in [3.8, 4) is 0 Å². The van der Waals surface area contributed by atoms with Gasteiger partial charge in [0.15, 0.2) is 12.6 Å². The summed E-state index contributed by atoms with van der Waals surface area (Å²) in [5.41, 5.74) is 0. The Morgan fingerprint density at radius 3 is 1.38 bits per heavy atom. The van der Waals surface area contributed by atoms with Gasteiger partial charge in [-0.05, 0) is 25.7 Å². The molecular weight excluding hydrogens is 793 g/mol. The fraction of sp³-hybridized carbons (Fsp3) is 1.00. The average molecular weight is 858 g/mol. The van der Waals surface area contributed by atoms with Crippen LogP contribution in [0.2, 0.25) is 0 Å². The summed E-state index contributed by atoms with van der Waals surface area (Å²) in [5, 5.41) is 58.7. The molecule has 2 rings (SSSR count). The van der Waals surface area contributed by atoms with Crippen LogP contribution >= 0.6 is 24.8 Å². The van der Waals surface area contributed by atoms with Crippen LogP contribution in [0, 0.1) is 11.8 Å². The molecule has 0 amide bonds. The third-order valence-electron chi connectivity index (χ3n) is 9.30. The van der Waals surface area contributed by atoms with E-state index in [2.05, 4.69) is 4.52 Å². The van der Waals surface area contributed by atoms with Crippen molar-refractivity contribution >= 4 is 24.8 Å². The van der Waals surface area contributed by atoms with Crippen molar-refractivity contribution in [2.24, 2.45) is 11.8 Å². The van der Waals surface area contributed by atoms with Gasteiger partial charge in [0.2, 0.25) is 0 Å². The highest BCUT2D eigenvalue weighted by Crippen LogP contribution is 2.32. The van der Waals surface area contributed by atoms with Crippen molar-refractivity contribution in [1.29, 1.82) is 0 Å². The highest BCUT2D eigenvalue weighted by atomic mass is 31.1. The molecule has 0 aromatic rings. The molecule has 55 heavy (non-hydrogen) atoms. The Morgan fingerprint density at radius 1 is 0.545 bits per heavy atom. The summed E-state index contributed by atoms with van der Waals surface area (Å²) in [6.45, 7) is 3.52. The predicted octanol–water partition coefficient (Wildman–Crippen LogP) is 3.53. The van der Waals surface area contributed by atoms with E-state index in [9.17, 15) is 44.3 Å². The zero-order chi connectivity index (χ0) is 40.6. The van der Waals surface area contributed by atoms with Crippen molar-refractivity contribution in [3.63, 3.8) is 0 Å². The molecule has 2 aliphatic rings. The molecule has 0 spiro atoms. The molecule has 14 unspecified atom stereocenters. The van der Waals surface area contributed by atoms with Crippen LogP contribution in [-0.2, 0) is 59.8 Å². The molecule has 0 aromatic heterocycles. The van der Waals surface area contributed by atoms with E-state index in [1.54, 1.807) is 13.8 Å². The standard InChI is InChI=1S/C33H64O19P3/c1-23-28(36)30(38)26(20-34)50-32(23)44-15-10-6-4-8-12-17-46-54(41)48-19-14-25(52-53(40)43-3)22-49-55(42)47-18-13-9-5-7-11-16-45-33-24(2)29(37)31(39)27(21-35)51-33/h23-39H,4-22H2,1-3H3/q+3. The molecule has 22 heteroatoms. The van der Waals surface area contributed by atoms with Crippen LogP contribution in [0.25, 0.3) is 0 Å². The quantitative estimate of drug-likeness (QED) is 0.0417. The smallest absolute Gasteiger partial charge is 0.394 e. The van der Waals surface area contributed by atoms with Crippen LogP contribution in [0.4, 0.5) is 0 Å². The first kappa shape index (κ1) is 50.8. The van der Waals surface area contributed by atoms with Gasteiger partial charge in [-0.25, -0.2) is 0 Å². The molecule has 2 heterocycles. The lowest BCUT2D eigenvalue weighted by atomic mass is 9.92. The lowest BCUT2D eigenvalue weighted by molar-refractivity contribution is -0.282. The molecule has 14 atom stereocenters. The molecule has 0 bridgehead atoms. The van der Waals surface area contributed by atoms with Gasteiger partial charge in [0.25, 0.3) is 0 Å². The SMILES string of the molecule is CO[P+](=O)OC(CCO[P+](=O)OCCCCCCCOC1OC(CO)C(O)C(O)C1C)CO[P+](=O)OCCCCCCCOC1OC(CO)C(O)C(O)C1C. The first-order valence-electron chi connectivity index (χ1n) is 19.1. The number of rotatable bonds is 32. The van der Waals surface area contributed by atoms with Gasteiger partial charge in [0, 0.05) is 45.2 Å². The van der Waals surface area contributed by atoms with Gasteiger partial charge in [0.05, 0.1) is 32.5 Å². The summed E-state index contributed by atoms with van der Waals surface area (Å²) in [7, 11) is -6.13. The molecule has 322 valence electrons. The summed E-state index contributed by atoms with van der Waals surface area (Å²) in [6, 6.07) is 0. The van der Waals surface area contributed by atoms with Crippen molar-refractivity contribution in [3.05, 3.63) is 0 Å². The fourth-order valence-electron chi connectivity index (χ4n) is 5.78. The fourth-order valence-corrected chi connectivity index (χ4v) is 7.52. The van der Waals surface area contributed by atoms with Crippen LogP contribution in [0.1, 0.15) is 84.5 Å². The van der Waals surface area contributed by atoms with E-state index in [1.165, 1.54) is 7.11 Å². The maximum atomic E-state index is 12.2. The topological polar surface area (TPSA) is 265 Å². The van der Waals surface area contributed by atoms with E-state index in [0.717, 1.165) is 51.4 Å². The Morgan fingerprint density at radius 2 is 0.945 bits per heavy atom. The minimum absolute atomic E-state index is 0.0713. The van der Waals surface area contributed by atoms with Crippen LogP contribution in [0.3, 0.4) is 0 Å². The zero-order valence-electron chi connectivity index (χ0n) is 32.1. The third kappa shape index (κ3) is 20.0. The van der Waals surface area contributed by atoms with Crippen molar-refractivity contribution in [1.82, 2.24) is 0 Å². The number of hydrogen-bond donors (Lipinski definition) is 6. The molecule has 19 nitrogen and oxygen atoms in total. The first-order chi connectivity index (χ1) is 26.4. The van der Waals surface area contributed by atoms with E-state index < -0.39 is 105 Å². The van der Waals surface area contributed by atoms with Crippen LogP contribution in [0.15, 0.2) is 0 Å². The summed E-state index contributed by atoms with van der Waals surface area (Å²) in [5.74, 6) is -0.872. The maximum absolute atomic E-state index is 12.2. The Bertz CT molecular complexity index is 1060. The van der Waals surface area contributed by atoms with Gasteiger partial charge in [0.1, 0.15) is 56.9 Å². The van der Waals surface area contributed by atoms with Gasteiger partial charge < -0.3 is 49.6 Å². The molecule has 6 N–H and O–H groups in total. The van der Waals surface area contributed by atoms with Crippen LogP contribution < -0.4 is 0 Å². The Labute approximate surface area is 326 Å². The monoisotopic (exact) mass is 857 g/mol. The Hall–Kier alpha value is -0.340. The van der Waals surface area contributed by atoms with Gasteiger partial charge in [-0.3, -0.25) is 0 Å². The second-order valence-corrected chi connectivity index (χ2v) is 16.5. The molecule has 0 aromatic carbocycles. The summed E-state index contributed by atoms with van der Waals surface area (Å²) in [4.78, 5) is 0. The molecule has 0 aliphatic carbocycles. The predicted molar refractivity (Wildman–Crippen MR) is 195 cm³/mol. The first-order valence-corrected chi connectivity index (χ1v) is 22.3.